The number of aromatic nitrogens is 4. The quantitative estimate of drug-likeness (QED) is 0.336. The summed E-state index contributed by atoms with van der Waals surface area (Å²) in [6, 6.07) is 17.3. The predicted octanol–water partition coefficient (Wildman–Crippen LogP) is 5.11. The lowest BCUT2D eigenvalue weighted by Gasteiger charge is -2.13. The lowest BCUT2D eigenvalue weighted by molar-refractivity contribution is 0.102. The standard InChI is InChI=1S/C26H19Cl2N5O3/c1-32-10-9-20(31-32)17-6-3-2-5-15(17)13-33-14-29-21-7-4-8-22(23(21)26(33)36)30-25(35)16-11-18(27)24(34)19(28)12-16/h2-12,14,34H,13H2,1H3,(H,30,35). The van der Waals surface area contributed by atoms with E-state index in [9.17, 15) is 14.7 Å². The van der Waals surface area contributed by atoms with Crippen LogP contribution in [0.2, 0.25) is 10.0 Å². The number of fused-ring (bicyclic) bond motifs is 1. The highest BCUT2D eigenvalue weighted by Crippen LogP contribution is 2.33. The van der Waals surface area contributed by atoms with Crippen molar-refractivity contribution in [2.45, 2.75) is 6.54 Å². The van der Waals surface area contributed by atoms with Gasteiger partial charge in [0.1, 0.15) is 0 Å². The highest BCUT2D eigenvalue weighted by molar-refractivity contribution is 6.37. The first-order valence-electron chi connectivity index (χ1n) is 10.9. The SMILES string of the molecule is Cn1ccc(-c2ccccc2Cn2cnc3cccc(NC(=O)c4cc(Cl)c(O)c(Cl)c4)c3c2=O)n1. The van der Waals surface area contributed by atoms with Crippen LogP contribution in [0.1, 0.15) is 15.9 Å². The smallest absolute Gasteiger partial charge is 0.263 e. The molecular formula is C26H19Cl2N5O3. The van der Waals surface area contributed by atoms with Crippen LogP contribution in [0.5, 0.6) is 5.75 Å². The van der Waals surface area contributed by atoms with Gasteiger partial charge in [-0.3, -0.25) is 18.8 Å². The third-order valence-electron chi connectivity index (χ3n) is 5.73. The number of halogens is 2. The van der Waals surface area contributed by atoms with Gasteiger partial charge in [0.2, 0.25) is 0 Å². The van der Waals surface area contributed by atoms with Gasteiger partial charge in [-0.1, -0.05) is 53.5 Å². The Balaban J connectivity index is 1.53. The van der Waals surface area contributed by atoms with Crippen LogP contribution in [0.3, 0.4) is 0 Å². The van der Waals surface area contributed by atoms with Crippen molar-refractivity contribution in [3.8, 4) is 17.0 Å². The molecule has 0 atom stereocenters. The Hall–Kier alpha value is -4.14. The van der Waals surface area contributed by atoms with Crippen LogP contribution in [0, 0.1) is 0 Å². The van der Waals surface area contributed by atoms with Gasteiger partial charge in [0, 0.05) is 24.4 Å². The number of benzene rings is 3. The van der Waals surface area contributed by atoms with Crippen molar-refractivity contribution in [2.75, 3.05) is 5.32 Å². The van der Waals surface area contributed by atoms with Crippen molar-refractivity contribution >= 4 is 45.7 Å². The third-order valence-corrected chi connectivity index (χ3v) is 6.30. The van der Waals surface area contributed by atoms with Gasteiger partial charge in [-0.2, -0.15) is 5.10 Å². The zero-order valence-electron chi connectivity index (χ0n) is 18.9. The fourth-order valence-corrected chi connectivity index (χ4v) is 4.45. The maximum absolute atomic E-state index is 13.6. The van der Waals surface area contributed by atoms with Gasteiger partial charge in [-0.25, -0.2) is 4.98 Å². The van der Waals surface area contributed by atoms with Gasteiger partial charge < -0.3 is 10.4 Å². The van der Waals surface area contributed by atoms with Gasteiger partial charge in [-0.05, 0) is 35.9 Å². The van der Waals surface area contributed by atoms with Gasteiger partial charge in [-0.15, -0.1) is 0 Å². The number of amides is 1. The molecule has 0 aliphatic rings. The molecule has 2 aromatic heterocycles. The first kappa shape index (κ1) is 23.6. The zero-order valence-corrected chi connectivity index (χ0v) is 20.5. The minimum Gasteiger partial charge on any atom is -0.505 e. The lowest BCUT2D eigenvalue weighted by atomic mass is 10.0. The van der Waals surface area contributed by atoms with Crippen LogP contribution >= 0.6 is 23.2 Å². The first-order chi connectivity index (χ1) is 17.3. The second-order valence-electron chi connectivity index (χ2n) is 8.15. The monoisotopic (exact) mass is 519 g/mol. The van der Waals surface area contributed by atoms with Crippen LogP contribution in [0.15, 0.2) is 78.0 Å². The number of phenols is 1. The van der Waals surface area contributed by atoms with E-state index in [4.69, 9.17) is 23.2 Å². The molecule has 36 heavy (non-hydrogen) atoms. The molecule has 1 amide bonds. The van der Waals surface area contributed by atoms with Gasteiger partial charge in [0.25, 0.3) is 11.5 Å². The highest BCUT2D eigenvalue weighted by Gasteiger charge is 2.16. The summed E-state index contributed by atoms with van der Waals surface area (Å²) in [5.41, 5.74) is 3.16. The van der Waals surface area contributed by atoms with Crippen LogP contribution in [0.4, 0.5) is 5.69 Å². The number of aryl methyl sites for hydroxylation is 1. The van der Waals surface area contributed by atoms with Crippen LogP contribution < -0.4 is 10.9 Å². The maximum Gasteiger partial charge on any atom is 0.263 e. The molecule has 180 valence electrons. The number of hydrogen-bond donors (Lipinski definition) is 2. The Morgan fingerprint density at radius 3 is 2.53 bits per heavy atom. The average Bonchev–Trinajstić information content (AvgIpc) is 3.30. The van der Waals surface area contributed by atoms with E-state index in [-0.39, 0.29) is 38.8 Å². The number of hydrogen-bond acceptors (Lipinski definition) is 5. The molecular weight excluding hydrogens is 501 g/mol. The Labute approximate surface area is 215 Å². The Bertz CT molecular complexity index is 1670. The normalized spacial score (nSPS) is 11.1. The van der Waals surface area contributed by atoms with Crippen molar-refractivity contribution in [1.29, 1.82) is 0 Å². The molecule has 0 aliphatic heterocycles. The number of rotatable bonds is 5. The second kappa shape index (κ2) is 9.49. The Kier molecular flexibility index (Phi) is 6.22. The maximum atomic E-state index is 13.6. The van der Waals surface area contributed by atoms with Gasteiger partial charge >= 0.3 is 0 Å². The molecule has 10 heteroatoms. The summed E-state index contributed by atoms with van der Waals surface area (Å²) >= 11 is 11.9. The van der Waals surface area contributed by atoms with E-state index in [1.807, 2.05) is 43.6 Å². The van der Waals surface area contributed by atoms with Crippen LogP contribution in [0.25, 0.3) is 22.2 Å². The molecule has 0 saturated carbocycles. The fourth-order valence-electron chi connectivity index (χ4n) is 3.96. The number of phenolic OH excluding ortho intramolecular Hbond substituents is 1. The molecule has 8 nitrogen and oxygen atoms in total. The van der Waals surface area contributed by atoms with Crippen molar-refractivity contribution in [2.24, 2.45) is 7.05 Å². The van der Waals surface area contributed by atoms with Crippen molar-refractivity contribution < 1.29 is 9.90 Å². The predicted molar refractivity (Wildman–Crippen MR) is 140 cm³/mol. The molecule has 0 bridgehead atoms. The molecule has 5 aromatic rings. The van der Waals surface area contributed by atoms with Crippen molar-refractivity contribution in [3.05, 3.63) is 105 Å². The van der Waals surface area contributed by atoms with E-state index < -0.39 is 5.91 Å². The van der Waals surface area contributed by atoms with E-state index in [0.29, 0.717) is 11.2 Å². The molecule has 0 radical (unpaired) electrons. The summed E-state index contributed by atoms with van der Waals surface area (Å²) in [7, 11) is 1.85. The minimum absolute atomic E-state index is 0.0545. The molecule has 0 aliphatic carbocycles. The topological polar surface area (TPSA) is 102 Å². The molecule has 0 fully saturated rings. The van der Waals surface area contributed by atoms with E-state index in [0.717, 1.165) is 16.8 Å². The second-order valence-corrected chi connectivity index (χ2v) is 8.97. The summed E-state index contributed by atoms with van der Waals surface area (Å²) in [6.45, 7) is 0.264. The summed E-state index contributed by atoms with van der Waals surface area (Å²) in [4.78, 5) is 30.9. The Morgan fingerprint density at radius 2 is 1.81 bits per heavy atom. The number of carbonyl (C=O) groups is 1. The van der Waals surface area contributed by atoms with E-state index in [1.54, 1.807) is 22.9 Å². The first-order valence-corrected chi connectivity index (χ1v) is 11.6. The number of carbonyl (C=O) groups excluding carboxylic acids is 1. The van der Waals surface area contributed by atoms with E-state index in [1.165, 1.54) is 23.0 Å². The average molecular weight is 520 g/mol. The Morgan fingerprint density at radius 1 is 1.06 bits per heavy atom. The molecule has 3 aromatic carbocycles. The minimum atomic E-state index is -0.540. The zero-order chi connectivity index (χ0) is 25.4. The molecule has 5 rings (SSSR count). The molecule has 0 unspecified atom stereocenters. The van der Waals surface area contributed by atoms with Crippen molar-refractivity contribution in [1.82, 2.24) is 19.3 Å². The summed E-state index contributed by atoms with van der Waals surface area (Å²) in [6.07, 6.45) is 3.35. The summed E-state index contributed by atoms with van der Waals surface area (Å²) in [5, 5.41) is 17.2. The number of anilines is 1. The van der Waals surface area contributed by atoms with E-state index >= 15 is 0 Å². The molecule has 2 heterocycles. The fraction of sp³-hybridized carbons (Fsp3) is 0.0769. The molecule has 0 spiro atoms. The van der Waals surface area contributed by atoms with Crippen molar-refractivity contribution in [3.63, 3.8) is 0 Å². The third kappa shape index (κ3) is 4.44. The highest BCUT2D eigenvalue weighted by atomic mass is 35.5. The lowest BCUT2D eigenvalue weighted by Crippen LogP contribution is -2.23. The number of nitrogens with zero attached hydrogens (tertiary/aromatic N) is 4. The largest absolute Gasteiger partial charge is 0.505 e. The van der Waals surface area contributed by atoms with Gasteiger partial charge in [0.15, 0.2) is 5.75 Å². The van der Waals surface area contributed by atoms with Crippen LogP contribution in [-0.2, 0) is 13.6 Å². The number of aromatic hydroxyl groups is 1. The van der Waals surface area contributed by atoms with Crippen LogP contribution in [-0.4, -0.2) is 30.3 Å². The summed E-state index contributed by atoms with van der Waals surface area (Å²) in [5.74, 6) is -0.847. The molecule has 2 N–H and O–H groups in total. The summed E-state index contributed by atoms with van der Waals surface area (Å²) < 4.78 is 3.22. The van der Waals surface area contributed by atoms with E-state index in [2.05, 4.69) is 15.4 Å². The number of nitrogens with one attached hydrogen (secondary N) is 1. The van der Waals surface area contributed by atoms with Gasteiger partial charge in [0.05, 0.1) is 45.2 Å². The molecule has 0 saturated heterocycles.